The first kappa shape index (κ1) is 27.9. The molecule has 10 rings (SSSR count). The standard InChI is InChI=1S/C47H33NO/c1-47(2)42-19-8-7-17-38(42)39-24-23-37(29-43(39)47)48(36-16-9-15-32(26-36)35-22-21-30-11-3-4-12-31(30)25-35)44-20-10-18-40-41-27-33-13-5-6-14-34(33)28-45(41)49-46(40)44/h3-29H,1-2H3. The summed E-state index contributed by atoms with van der Waals surface area (Å²) in [6, 6.07) is 59.5. The molecule has 9 aromatic rings. The minimum absolute atomic E-state index is 0.119. The topological polar surface area (TPSA) is 16.4 Å². The normalized spacial score (nSPS) is 13.3. The highest BCUT2D eigenvalue weighted by Crippen LogP contribution is 2.51. The van der Waals surface area contributed by atoms with Crippen molar-refractivity contribution in [1.29, 1.82) is 0 Å². The summed E-state index contributed by atoms with van der Waals surface area (Å²) in [6.07, 6.45) is 0. The molecule has 0 amide bonds. The summed E-state index contributed by atoms with van der Waals surface area (Å²) in [5.74, 6) is 0. The summed E-state index contributed by atoms with van der Waals surface area (Å²) < 4.78 is 6.82. The second-order valence-corrected chi connectivity index (χ2v) is 13.8. The zero-order valence-corrected chi connectivity index (χ0v) is 27.4. The molecule has 2 heteroatoms. The molecule has 0 fully saturated rings. The number of hydrogen-bond acceptors (Lipinski definition) is 2. The van der Waals surface area contributed by atoms with Gasteiger partial charge in [-0.15, -0.1) is 0 Å². The van der Waals surface area contributed by atoms with Crippen molar-refractivity contribution in [2.24, 2.45) is 0 Å². The molecule has 232 valence electrons. The largest absolute Gasteiger partial charge is 0.454 e. The highest BCUT2D eigenvalue weighted by Gasteiger charge is 2.36. The zero-order valence-electron chi connectivity index (χ0n) is 27.4. The van der Waals surface area contributed by atoms with Crippen LogP contribution in [0.15, 0.2) is 168 Å². The van der Waals surface area contributed by atoms with Crippen LogP contribution >= 0.6 is 0 Å². The van der Waals surface area contributed by atoms with Crippen LogP contribution in [0.1, 0.15) is 25.0 Å². The molecule has 1 aliphatic rings. The van der Waals surface area contributed by atoms with Gasteiger partial charge in [-0.05, 0) is 103 Å². The Morgan fingerprint density at radius 1 is 0.449 bits per heavy atom. The average molecular weight is 628 g/mol. The molecule has 8 aromatic carbocycles. The lowest BCUT2D eigenvalue weighted by atomic mass is 9.82. The average Bonchev–Trinajstić information content (AvgIpc) is 3.62. The number of fused-ring (bicyclic) bond motifs is 8. The number of rotatable bonds is 4. The van der Waals surface area contributed by atoms with Crippen LogP contribution in [-0.4, -0.2) is 0 Å². The Bertz CT molecular complexity index is 2770. The molecule has 0 aliphatic heterocycles. The Hall–Kier alpha value is -6.12. The van der Waals surface area contributed by atoms with E-state index in [1.165, 1.54) is 54.9 Å². The fourth-order valence-corrected chi connectivity index (χ4v) is 8.10. The Balaban J connectivity index is 1.21. The number of nitrogens with zero attached hydrogens (tertiary/aromatic N) is 1. The molecule has 2 nitrogen and oxygen atoms in total. The smallest absolute Gasteiger partial charge is 0.159 e. The molecule has 0 radical (unpaired) electrons. The number of benzene rings is 8. The molecule has 0 unspecified atom stereocenters. The predicted molar refractivity (Wildman–Crippen MR) is 206 cm³/mol. The van der Waals surface area contributed by atoms with Crippen LogP contribution in [0.25, 0.3) is 65.7 Å². The maximum absolute atomic E-state index is 6.82. The van der Waals surface area contributed by atoms with Crippen molar-refractivity contribution in [1.82, 2.24) is 0 Å². The van der Waals surface area contributed by atoms with Crippen LogP contribution in [0.5, 0.6) is 0 Å². The van der Waals surface area contributed by atoms with E-state index in [9.17, 15) is 0 Å². The zero-order chi connectivity index (χ0) is 32.7. The van der Waals surface area contributed by atoms with Gasteiger partial charge in [0.05, 0.1) is 5.69 Å². The molecule has 49 heavy (non-hydrogen) atoms. The maximum Gasteiger partial charge on any atom is 0.159 e. The molecule has 0 saturated heterocycles. The lowest BCUT2D eigenvalue weighted by Gasteiger charge is -2.28. The number of furan rings is 1. The van der Waals surface area contributed by atoms with Gasteiger partial charge in [-0.1, -0.05) is 129 Å². The number of para-hydroxylation sites is 1. The van der Waals surface area contributed by atoms with E-state index >= 15 is 0 Å². The van der Waals surface area contributed by atoms with Gasteiger partial charge >= 0.3 is 0 Å². The maximum atomic E-state index is 6.82. The first-order chi connectivity index (χ1) is 24.0. The summed E-state index contributed by atoms with van der Waals surface area (Å²) in [4.78, 5) is 2.38. The molecule has 0 atom stereocenters. The van der Waals surface area contributed by atoms with E-state index in [0.29, 0.717) is 0 Å². The summed E-state index contributed by atoms with van der Waals surface area (Å²) in [5.41, 5.74) is 12.6. The van der Waals surface area contributed by atoms with Gasteiger partial charge in [-0.2, -0.15) is 0 Å². The molecule has 0 spiro atoms. The SMILES string of the molecule is CC1(C)c2ccccc2-c2ccc(N(c3cccc(-c4ccc5ccccc5c4)c3)c3cccc4c3oc3cc5ccccc5cc34)cc21. The third kappa shape index (κ3) is 4.27. The van der Waals surface area contributed by atoms with Gasteiger partial charge < -0.3 is 9.32 Å². The summed E-state index contributed by atoms with van der Waals surface area (Å²) in [6.45, 7) is 4.69. The van der Waals surface area contributed by atoms with Crippen molar-refractivity contribution in [2.75, 3.05) is 4.90 Å². The van der Waals surface area contributed by atoms with E-state index in [4.69, 9.17) is 4.42 Å². The van der Waals surface area contributed by atoms with Gasteiger partial charge in [0.1, 0.15) is 5.58 Å². The Morgan fingerprint density at radius 3 is 1.98 bits per heavy atom. The van der Waals surface area contributed by atoms with Crippen LogP contribution < -0.4 is 4.90 Å². The first-order valence-corrected chi connectivity index (χ1v) is 17.0. The van der Waals surface area contributed by atoms with Crippen molar-refractivity contribution in [3.8, 4) is 22.3 Å². The molecule has 0 bridgehead atoms. The summed E-state index contributed by atoms with van der Waals surface area (Å²) >= 11 is 0. The lowest BCUT2D eigenvalue weighted by Crippen LogP contribution is -2.16. The van der Waals surface area contributed by atoms with E-state index in [1.807, 2.05) is 0 Å². The Kier molecular flexibility index (Phi) is 5.95. The van der Waals surface area contributed by atoms with Gasteiger partial charge in [0.25, 0.3) is 0 Å². The molecular formula is C47H33NO. The van der Waals surface area contributed by atoms with Crippen LogP contribution in [0.4, 0.5) is 17.1 Å². The van der Waals surface area contributed by atoms with E-state index < -0.39 is 0 Å². The van der Waals surface area contributed by atoms with Crippen molar-refractivity contribution in [3.63, 3.8) is 0 Å². The second-order valence-electron chi connectivity index (χ2n) is 13.8. The van der Waals surface area contributed by atoms with Crippen LogP contribution in [-0.2, 0) is 5.41 Å². The lowest BCUT2D eigenvalue weighted by molar-refractivity contribution is 0.660. The van der Waals surface area contributed by atoms with Crippen LogP contribution in [0.3, 0.4) is 0 Å². The van der Waals surface area contributed by atoms with E-state index in [-0.39, 0.29) is 5.41 Å². The molecule has 0 N–H and O–H groups in total. The first-order valence-electron chi connectivity index (χ1n) is 17.0. The van der Waals surface area contributed by atoms with E-state index in [2.05, 4.69) is 183 Å². The van der Waals surface area contributed by atoms with Crippen molar-refractivity contribution < 1.29 is 4.42 Å². The molecule has 1 aliphatic carbocycles. The van der Waals surface area contributed by atoms with Gasteiger partial charge in [-0.3, -0.25) is 0 Å². The van der Waals surface area contributed by atoms with Gasteiger partial charge in [0.15, 0.2) is 5.58 Å². The summed E-state index contributed by atoms with van der Waals surface area (Å²) in [5, 5.41) is 7.12. The third-order valence-electron chi connectivity index (χ3n) is 10.6. The van der Waals surface area contributed by atoms with Gasteiger partial charge in [0, 0.05) is 27.6 Å². The molecule has 0 saturated carbocycles. The van der Waals surface area contributed by atoms with Gasteiger partial charge in [-0.25, -0.2) is 0 Å². The number of anilines is 3. The van der Waals surface area contributed by atoms with Crippen LogP contribution in [0.2, 0.25) is 0 Å². The highest BCUT2D eigenvalue weighted by atomic mass is 16.3. The fourth-order valence-electron chi connectivity index (χ4n) is 8.10. The number of hydrogen-bond donors (Lipinski definition) is 0. The van der Waals surface area contributed by atoms with Crippen molar-refractivity contribution in [3.05, 3.63) is 175 Å². The molecular weight excluding hydrogens is 595 g/mol. The van der Waals surface area contributed by atoms with Crippen LogP contribution in [0, 0.1) is 0 Å². The quantitative estimate of drug-likeness (QED) is 0.193. The van der Waals surface area contributed by atoms with Crippen molar-refractivity contribution >= 4 is 60.5 Å². The third-order valence-corrected chi connectivity index (χ3v) is 10.6. The minimum Gasteiger partial charge on any atom is -0.454 e. The minimum atomic E-state index is -0.119. The fraction of sp³-hybridized carbons (Fsp3) is 0.0638. The molecule has 1 heterocycles. The van der Waals surface area contributed by atoms with E-state index in [1.54, 1.807) is 0 Å². The monoisotopic (exact) mass is 627 g/mol. The van der Waals surface area contributed by atoms with Crippen molar-refractivity contribution in [2.45, 2.75) is 19.3 Å². The molecule has 1 aromatic heterocycles. The Morgan fingerprint density at radius 2 is 1.12 bits per heavy atom. The van der Waals surface area contributed by atoms with E-state index in [0.717, 1.165) is 39.0 Å². The second kappa shape index (κ2) is 10.4. The Labute approximate surface area is 285 Å². The summed E-state index contributed by atoms with van der Waals surface area (Å²) in [7, 11) is 0. The van der Waals surface area contributed by atoms with Gasteiger partial charge in [0.2, 0.25) is 0 Å². The predicted octanol–water partition coefficient (Wildman–Crippen LogP) is 13.3. The highest BCUT2D eigenvalue weighted by molar-refractivity contribution is 6.13.